The average molecular weight is 298 g/mol. The van der Waals surface area contributed by atoms with Crippen LogP contribution in [0.2, 0.25) is 0 Å². The van der Waals surface area contributed by atoms with Crippen LogP contribution in [0.1, 0.15) is 5.56 Å². The maximum atomic E-state index is 12.0. The van der Waals surface area contributed by atoms with Crippen LogP contribution in [0.3, 0.4) is 0 Å². The van der Waals surface area contributed by atoms with Crippen LogP contribution in [-0.2, 0) is 4.79 Å². The van der Waals surface area contributed by atoms with E-state index in [9.17, 15) is 4.79 Å². The number of rotatable bonds is 5. The van der Waals surface area contributed by atoms with Crippen LogP contribution in [0.5, 0.6) is 11.5 Å². The zero-order valence-electron chi connectivity index (χ0n) is 12.4. The van der Waals surface area contributed by atoms with Gasteiger partial charge in [-0.3, -0.25) is 9.78 Å². The van der Waals surface area contributed by atoms with Crippen LogP contribution in [0.4, 0.5) is 0 Å². The van der Waals surface area contributed by atoms with E-state index in [2.05, 4.69) is 4.98 Å². The van der Waals surface area contributed by atoms with Gasteiger partial charge in [-0.05, 0) is 31.2 Å². The van der Waals surface area contributed by atoms with E-state index >= 15 is 0 Å². The number of carbonyl (C=O) groups excluding carboxylic acids is 1. The van der Waals surface area contributed by atoms with Crippen molar-refractivity contribution in [1.82, 2.24) is 9.88 Å². The zero-order chi connectivity index (χ0) is 15.4. The van der Waals surface area contributed by atoms with Crippen LogP contribution in [0, 0.1) is 6.92 Å². The molecule has 0 atom stereocenters. The van der Waals surface area contributed by atoms with Crippen LogP contribution in [-0.4, -0.2) is 41.6 Å². The first kappa shape index (κ1) is 14.4. The van der Waals surface area contributed by atoms with Crippen LogP contribution in [0.25, 0.3) is 0 Å². The summed E-state index contributed by atoms with van der Waals surface area (Å²) < 4.78 is 11.2. The van der Waals surface area contributed by atoms with Crippen molar-refractivity contribution >= 4 is 5.91 Å². The standard InChI is InChI=1S/C17H18N2O3/c1-13-4-6-14(7-5-13)21-12-17(20)19-10-16(11-19)22-15-3-2-8-18-9-15/h2-9,16H,10-12H2,1H3. The summed E-state index contributed by atoms with van der Waals surface area (Å²) in [4.78, 5) is 17.7. The topological polar surface area (TPSA) is 51.7 Å². The van der Waals surface area contributed by atoms with E-state index in [4.69, 9.17) is 9.47 Å². The van der Waals surface area contributed by atoms with Crippen molar-refractivity contribution in [3.63, 3.8) is 0 Å². The highest BCUT2D eigenvalue weighted by atomic mass is 16.5. The Labute approximate surface area is 129 Å². The van der Waals surface area contributed by atoms with Crippen molar-refractivity contribution in [2.24, 2.45) is 0 Å². The quantitative estimate of drug-likeness (QED) is 0.848. The maximum Gasteiger partial charge on any atom is 0.260 e. The lowest BCUT2D eigenvalue weighted by Crippen LogP contribution is -2.57. The van der Waals surface area contributed by atoms with Gasteiger partial charge in [0.05, 0.1) is 19.3 Å². The smallest absolute Gasteiger partial charge is 0.260 e. The van der Waals surface area contributed by atoms with E-state index in [0.29, 0.717) is 18.8 Å². The fourth-order valence-corrected chi connectivity index (χ4v) is 2.20. The van der Waals surface area contributed by atoms with E-state index < -0.39 is 0 Å². The fourth-order valence-electron chi connectivity index (χ4n) is 2.20. The van der Waals surface area contributed by atoms with Crippen LogP contribution < -0.4 is 9.47 Å². The summed E-state index contributed by atoms with van der Waals surface area (Å²) in [5.41, 5.74) is 1.16. The number of amides is 1. The number of nitrogens with zero attached hydrogens (tertiary/aromatic N) is 2. The molecule has 2 heterocycles. The first-order valence-electron chi connectivity index (χ1n) is 7.24. The van der Waals surface area contributed by atoms with Gasteiger partial charge in [0.1, 0.15) is 17.6 Å². The number of carbonyl (C=O) groups is 1. The Kier molecular flexibility index (Phi) is 4.23. The minimum atomic E-state index is -0.0217. The molecule has 5 heteroatoms. The summed E-state index contributed by atoms with van der Waals surface area (Å²) >= 11 is 0. The average Bonchev–Trinajstić information content (AvgIpc) is 2.50. The highest BCUT2D eigenvalue weighted by molar-refractivity contribution is 5.78. The summed E-state index contributed by atoms with van der Waals surface area (Å²) in [5.74, 6) is 1.42. The molecule has 22 heavy (non-hydrogen) atoms. The van der Waals surface area contributed by atoms with E-state index in [1.54, 1.807) is 17.3 Å². The first-order chi connectivity index (χ1) is 10.7. The third-order valence-electron chi connectivity index (χ3n) is 3.52. The predicted octanol–water partition coefficient (Wildman–Crippen LogP) is 2.06. The third kappa shape index (κ3) is 3.55. The second-order valence-electron chi connectivity index (χ2n) is 5.33. The highest BCUT2D eigenvalue weighted by Crippen LogP contribution is 2.17. The highest BCUT2D eigenvalue weighted by Gasteiger charge is 2.32. The van der Waals surface area contributed by atoms with E-state index in [1.807, 2.05) is 43.3 Å². The van der Waals surface area contributed by atoms with E-state index in [0.717, 1.165) is 11.3 Å². The lowest BCUT2D eigenvalue weighted by Gasteiger charge is -2.38. The number of aromatic nitrogens is 1. The Morgan fingerprint density at radius 3 is 2.68 bits per heavy atom. The molecule has 1 aromatic heterocycles. The molecule has 1 fully saturated rings. The molecule has 0 unspecified atom stereocenters. The number of ether oxygens (including phenoxy) is 2. The summed E-state index contributed by atoms with van der Waals surface area (Å²) in [7, 11) is 0. The molecule has 0 aliphatic carbocycles. The Morgan fingerprint density at radius 2 is 2.00 bits per heavy atom. The van der Waals surface area contributed by atoms with Gasteiger partial charge < -0.3 is 14.4 Å². The van der Waals surface area contributed by atoms with Crippen molar-refractivity contribution in [3.8, 4) is 11.5 Å². The second-order valence-corrected chi connectivity index (χ2v) is 5.33. The van der Waals surface area contributed by atoms with Crippen LogP contribution in [0.15, 0.2) is 48.8 Å². The number of benzene rings is 1. The molecule has 114 valence electrons. The van der Waals surface area contributed by atoms with Gasteiger partial charge in [-0.15, -0.1) is 0 Å². The molecular weight excluding hydrogens is 280 g/mol. The maximum absolute atomic E-state index is 12.0. The number of hydrogen-bond donors (Lipinski definition) is 0. The lowest BCUT2D eigenvalue weighted by molar-refractivity contribution is -0.142. The molecule has 0 saturated carbocycles. The molecule has 0 radical (unpaired) electrons. The number of hydrogen-bond acceptors (Lipinski definition) is 4. The Morgan fingerprint density at radius 1 is 1.23 bits per heavy atom. The van der Waals surface area contributed by atoms with Crippen molar-refractivity contribution in [2.45, 2.75) is 13.0 Å². The number of pyridine rings is 1. The van der Waals surface area contributed by atoms with Gasteiger partial charge in [0.2, 0.25) is 0 Å². The van der Waals surface area contributed by atoms with Gasteiger partial charge >= 0.3 is 0 Å². The van der Waals surface area contributed by atoms with Gasteiger partial charge in [0.25, 0.3) is 5.91 Å². The van der Waals surface area contributed by atoms with Crippen LogP contribution >= 0.6 is 0 Å². The second kappa shape index (κ2) is 6.47. The molecule has 1 aromatic carbocycles. The lowest BCUT2D eigenvalue weighted by atomic mass is 10.1. The molecule has 2 aromatic rings. The van der Waals surface area contributed by atoms with Gasteiger partial charge in [-0.25, -0.2) is 0 Å². The van der Waals surface area contributed by atoms with Gasteiger partial charge in [0.15, 0.2) is 6.61 Å². The largest absolute Gasteiger partial charge is 0.485 e. The number of likely N-dealkylation sites (tertiary alicyclic amines) is 1. The van der Waals surface area contributed by atoms with E-state index in [1.165, 1.54) is 0 Å². The first-order valence-corrected chi connectivity index (χ1v) is 7.24. The molecule has 0 spiro atoms. The van der Waals surface area contributed by atoms with Gasteiger partial charge in [0, 0.05) is 6.20 Å². The zero-order valence-corrected chi connectivity index (χ0v) is 12.4. The molecule has 3 rings (SSSR count). The SMILES string of the molecule is Cc1ccc(OCC(=O)N2CC(Oc3cccnc3)C2)cc1. The monoisotopic (exact) mass is 298 g/mol. The minimum absolute atomic E-state index is 0.0217. The molecule has 1 amide bonds. The van der Waals surface area contributed by atoms with E-state index in [-0.39, 0.29) is 18.6 Å². The summed E-state index contributed by atoms with van der Waals surface area (Å²) in [6, 6.07) is 11.3. The van der Waals surface area contributed by atoms with Crippen molar-refractivity contribution in [3.05, 3.63) is 54.4 Å². The molecule has 0 bridgehead atoms. The van der Waals surface area contributed by atoms with Crippen molar-refractivity contribution < 1.29 is 14.3 Å². The van der Waals surface area contributed by atoms with Gasteiger partial charge in [-0.1, -0.05) is 17.7 Å². The van der Waals surface area contributed by atoms with Crippen molar-refractivity contribution in [1.29, 1.82) is 0 Å². The summed E-state index contributed by atoms with van der Waals surface area (Å²) in [6.07, 6.45) is 3.41. The fraction of sp³-hybridized carbons (Fsp3) is 0.294. The molecular formula is C17H18N2O3. The third-order valence-corrected chi connectivity index (χ3v) is 3.52. The Bertz CT molecular complexity index is 622. The normalized spacial score (nSPS) is 14.3. The predicted molar refractivity (Wildman–Crippen MR) is 81.9 cm³/mol. The molecule has 1 aliphatic rings. The Hall–Kier alpha value is -2.56. The molecule has 1 saturated heterocycles. The molecule has 1 aliphatic heterocycles. The number of aryl methyl sites for hydroxylation is 1. The molecule has 0 N–H and O–H groups in total. The van der Waals surface area contributed by atoms with Gasteiger partial charge in [-0.2, -0.15) is 0 Å². The minimum Gasteiger partial charge on any atom is -0.485 e. The summed E-state index contributed by atoms with van der Waals surface area (Å²) in [6.45, 7) is 3.25. The molecule has 5 nitrogen and oxygen atoms in total. The summed E-state index contributed by atoms with van der Waals surface area (Å²) in [5, 5.41) is 0. The Balaban J connectivity index is 1.41. The van der Waals surface area contributed by atoms with Crippen molar-refractivity contribution in [2.75, 3.05) is 19.7 Å².